The molecule has 2 aromatic heterocycles. The first-order valence-corrected chi connectivity index (χ1v) is 8.19. The zero-order valence-electron chi connectivity index (χ0n) is 13.2. The number of anilines is 1. The highest BCUT2D eigenvalue weighted by atomic mass is 32.2. The third kappa shape index (κ3) is 4.16. The van der Waals surface area contributed by atoms with Crippen LogP contribution in [0.5, 0.6) is 0 Å². The molecule has 0 spiro atoms. The predicted molar refractivity (Wildman–Crippen MR) is 89.7 cm³/mol. The van der Waals surface area contributed by atoms with Gasteiger partial charge in [-0.25, -0.2) is 4.79 Å². The number of thioether (sulfide) groups is 1. The van der Waals surface area contributed by atoms with Crippen LogP contribution in [0.15, 0.2) is 34.2 Å². The number of tetrazole rings is 1. The molecule has 9 nitrogen and oxygen atoms in total. The molecule has 24 heavy (non-hydrogen) atoms. The molecule has 0 saturated heterocycles. The summed E-state index contributed by atoms with van der Waals surface area (Å²) < 4.78 is 0. The molecule has 3 aromatic rings. The molecule has 0 saturated carbocycles. The fourth-order valence-electron chi connectivity index (χ4n) is 2.01. The van der Waals surface area contributed by atoms with Crippen LogP contribution >= 0.6 is 11.8 Å². The average molecular weight is 344 g/mol. The molecule has 0 aliphatic heterocycles. The second kappa shape index (κ2) is 7.21. The number of aromatic nitrogens is 7. The maximum Gasteiger partial charge on any atom is 0.350 e. The Kier molecular flexibility index (Phi) is 4.85. The van der Waals surface area contributed by atoms with E-state index in [0.717, 1.165) is 5.56 Å². The second-order valence-corrected chi connectivity index (χ2v) is 6.16. The average Bonchev–Trinajstić information content (AvgIpc) is 3.08. The lowest BCUT2D eigenvalue weighted by Crippen LogP contribution is -2.24. The SMILES string of the molecule is Cc1ccc(CN(C)c2nc(SCc3nn[nH]n3)nc(=O)[nH]2)cc1. The van der Waals surface area contributed by atoms with Crippen LogP contribution in [0.25, 0.3) is 0 Å². The summed E-state index contributed by atoms with van der Waals surface area (Å²) >= 11 is 1.28. The summed E-state index contributed by atoms with van der Waals surface area (Å²) in [7, 11) is 1.87. The number of rotatable bonds is 6. The van der Waals surface area contributed by atoms with Gasteiger partial charge in [-0.15, -0.1) is 10.2 Å². The van der Waals surface area contributed by atoms with Crippen molar-refractivity contribution in [2.45, 2.75) is 24.4 Å². The molecule has 0 amide bonds. The highest BCUT2D eigenvalue weighted by molar-refractivity contribution is 7.98. The number of nitrogens with zero attached hydrogens (tertiary/aromatic N) is 6. The topological polar surface area (TPSA) is 116 Å². The third-order valence-corrected chi connectivity index (χ3v) is 4.08. The van der Waals surface area contributed by atoms with Gasteiger partial charge in [0.15, 0.2) is 11.0 Å². The summed E-state index contributed by atoms with van der Waals surface area (Å²) in [5.74, 6) is 1.42. The monoisotopic (exact) mass is 344 g/mol. The van der Waals surface area contributed by atoms with Crippen molar-refractivity contribution in [3.8, 4) is 0 Å². The Labute approximate surface area is 141 Å². The van der Waals surface area contributed by atoms with E-state index < -0.39 is 5.69 Å². The van der Waals surface area contributed by atoms with Crippen molar-refractivity contribution >= 4 is 17.7 Å². The largest absolute Gasteiger partial charge is 0.350 e. The maximum absolute atomic E-state index is 11.8. The van der Waals surface area contributed by atoms with Gasteiger partial charge in [0.2, 0.25) is 5.95 Å². The van der Waals surface area contributed by atoms with Crippen LogP contribution in [0, 0.1) is 6.92 Å². The summed E-state index contributed by atoms with van der Waals surface area (Å²) in [6, 6.07) is 8.21. The molecule has 1 aromatic carbocycles. The highest BCUT2D eigenvalue weighted by Crippen LogP contribution is 2.17. The summed E-state index contributed by atoms with van der Waals surface area (Å²) in [5.41, 5.74) is 1.90. The van der Waals surface area contributed by atoms with Crippen LogP contribution in [-0.2, 0) is 12.3 Å². The molecule has 0 unspecified atom stereocenters. The highest BCUT2D eigenvalue weighted by Gasteiger charge is 2.10. The first-order valence-electron chi connectivity index (χ1n) is 7.20. The van der Waals surface area contributed by atoms with Crippen molar-refractivity contribution in [3.05, 3.63) is 51.7 Å². The molecule has 2 N–H and O–H groups in total. The molecule has 10 heteroatoms. The number of hydrogen-bond donors (Lipinski definition) is 2. The van der Waals surface area contributed by atoms with Gasteiger partial charge in [-0.1, -0.05) is 46.8 Å². The Hall–Kier alpha value is -2.75. The Morgan fingerprint density at radius 3 is 2.71 bits per heavy atom. The quantitative estimate of drug-likeness (QED) is 0.634. The molecule has 124 valence electrons. The number of H-pyrrole nitrogens is 2. The van der Waals surface area contributed by atoms with Gasteiger partial charge in [-0.05, 0) is 12.5 Å². The number of benzene rings is 1. The lowest BCUT2D eigenvalue weighted by atomic mass is 10.1. The normalized spacial score (nSPS) is 10.8. The minimum atomic E-state index is -0.439. The van der Waals surface area contributed by atoms with E-state index in [1.54, 1.807) is 0 Å². The molecule has 3 rings (SSSR count). The van der Waals surface area contributed by atoms with Crippen LogP contribution in [0.3, 0.4) is 0 Å². The van der Waals surface area contributed by atoms with E-state index >= 15 is 0 Å². The molecule has 0 atom stereocenters. The van der Waals surface area contributed by atoms with Gasteiger partial charge in [-0.3, -0.25) is 4.98 Å². The van der Waals surface area contributed by atoms with E-state index in [9.17, 15) is 4.79 Å². The van der Waals surface area contributed by atoms with Crippen LogP contribution in [0.1, 0.15) is 17.0 Å². The fourth-order valence-corrected chi connectivity index (χ4v) is 2.69. The minimum Gasteiger partial charge on any atom is -0.341 e. The number of nitrogens with one attached hydrogen (secondary N) is 2. The summed E-state index contributed by atoms with van der Waals surface area (Å²) in [4.78, 5) is 24.5. The fraction of sp³-hybridized carbons (Fsp3) is 0.286. The summed E-state index contributed by atoms with van der Waals surface area (Å²) in [5, 5.41) is 13.9. The summed E-state index contributed by atoms with van der Waals surface area (Å²) in [6.45, 7) is 2.67. The van der Waals surface area contributed by atoms with Crippen LogP contribution < -0.4 is 10.6 Å². The molecule has 0 bridgehead atoms. The van der Waals surface area contributed by atoms with E-state index in [0.29, 0.717) is 29.2 Å². The van der Waals surface area contributed by atoms with E-state index in [1.165, 1.54) is 17.3 Å². The van der Waals surface area contributed by atoms with Crippen molar-refractivity contribution in [2.75, 3.05) is 11.9 Å². The van der Waals surface area contributed by atoms with Crippen LogP contribution in [0.2, 0.25) is 0 Å². The first kappa shape index (κ1) is 16.1. The molecule has 0 radical (unpaired) electrons. The van der Waals surface area contributed by atoms with Gasteiger partial charge in [0.1, 0.15) is 0 Å². The lowest BCUT2D eigenvalue weighted by Gasteiger charge is -2.17. The zero-order valence-corrected chi connectivity index (χ0v) is 14.0. The van der Waals surface area contributed by atoms with Gasteiger partial charge in [0, 0.05) is 13.6 Å². The number of aryl methyl sites for hydroxylation is 1. The molecule has 0 fully saturated rings. The van der Waals surface area contributed by atoms with Crippen molar-refractivity contribution in [3.63, 3.8) is 0 Å². The predicted octanol–water partition coefficient (Wildman–Crippen LogP) is 0.915. The Bertz CT molecular complexity index is 846. The van der Waals surface area contributed by atoms with Crippen molar-refractivity contribution < 1.29 is 0 Å². The maximum atomic E-state index is 11.8. The molecular formula is C14H16N8OS. The third-order valence-electron chi connectivity index (χ3n) is 3.24. The number of aromatic amines is 2. The van der Waals surface area contributed by atoms with E-state index in [4.69, 9.17) is 0 Å². The van der Waals surface area contributed by atoms with Gasteiger partial charge in [0.25, 0.3) is 0 Å². The minimum absolute atomic E-state index is 0.370. The first-order chi connectivity index (χ1) is 11.6. The van der Waals surface area contributed by atoms with Gasteiger partial charge >= 0.3 is 5.69 Å². The van der Waals surface area contributed by atoms with Crippen LogP contribution in [-0.4, -0.2) is 42.6 Å². The van der Waals surface area contributed by atoms with Gasteiger partial charge < -0.3 is 4.90 Å². The van der Waals surface area contributed by atoms with Crippen molar-refractivity contribution in [1.82, 2.24) is 35.6 Å². The van der Waals surface area contributed by atoms with Gasteiger partial charge in [-0.2, -0.15) is 15.2 Å². The Morgan fingerprint density at radius 1 is 1.21 bits per heavy atom. The lowest BCUT2D eigenvalue weighted by molar-refractivity contribution is 0.789. The van der Waals surface area contributed by atoms with E-state index in [2.05, 4.69) is 59.8 Å². The zero-order chi connectivity index (χ0) is 16.9. The molecule has 2 heterocycles. The van der Waals surface area contributed by atoms with Crippen molar-refractivity contribution in [2.24, 2.45) is 0 Å². The van der Waals surface area contributed by atoms with Crippen LogP contribution in [0.4, 0.5) is 5.95 Å². The summed E-state index contributed by atoms with van der Waals surface area (Å²) in [6.07, 6.45) is 0. The van der Waals surface area contributed by atoms with E-state index in [1.807, 2.05) is 18.9 Å². The standard InChI is InChI=1S/C14H16N8OS/c1-9-3-5-10(6-4-9)7-22(2)12-15-13(23)17-14(16-12)24-8-11-18-20-21-19-11/h3-6H,7-8H2,1-2H3,(H,15,16,17,23)(H,18,19,20,21). The smallest absolute Gasteiger partial charge is 0.341 e. The number of hydrogen-bond acceptors (Lipinski definition) is 8. The second-order valence-electron chi connectivity index (χ2n) is 5.22. The Morgan fingerprint density at radius 2 is 2.00 bits per heavy atom. The Balaban J connectivity index is 1.72. The molecule has 0 aliphatic rings. The van der Waals surface area contributed by atoms with Crippen molar-refractivity contribution in [1.29, 1.82) is 0 Å². The van der Waals surface area contributed by atoms with Gasteiger partial charge in [0.05, 0.1) is 5.75 Å². The molecule has 0 aliphatic carbocycles. The molecular weight excluding hydrogens is 328 g/mol. The van der Waals surface area contributed by atoms with E-state index in [-0.39, 0.29) is 0 Å².